The van der Waals surface area contributed by atoms with Crippen molar-refractivity contribution in [2.45, 2.75) is 13.5 Å². The molecule has 0 aliphatic rings. The van der Waals surface area contributed by atoms with Crippen LogP contribution in [-0.2, 0) is 13.6 Å². The lowest BCUT2D eigenvalue weighted by atomic mass is 10.2. The van der Waals surface area contributed by atoms with Crippen LogP contribution in [0.2, 0.25) is 0 Å². The van der Waals surface area contributed by atoms with E-state index in [1.165, 1.54) is 0 Å². The van der Waals surface area contributed by atoms with E-state index in [0.717, 1.165) is 17.1 Å². The highest BCUT2D eigenvalue weighted by molar-refractivity contribution is 5.64. The lowest BCUT2D eigenvalue weighted by Crippen LogP contribution is -2.08. The first-order chi connectivity index (χ1) is 7.68. The smallest absolute Gasteiger partial charge is 0.149 e. The molecule has 0 aliphatic heterocycles. The van der Waals surface area contributed by atoms with E-state index in [-0.39, 0.29) is 0 Å². The summed E-state index contributed by atoms with van der Waals surface area (Å²) in [6.45, 7) is 2.63. The Kier molecular flexibility index (Phi) is 2.76. The molecule has 0 radical (unpaired) electrons. The molecule has 2 aromatic heterocycles. The van der Waals surface area contributed by atoms with Gasteiger partial charge in [-0.05, 0) is 24.6 Å². The third-order valence-corrected chi connectivity index (χ3v) is 2.57. The second-order valence-electron chi connectivity index (χ2n) is 3.69. The lowest BCUT2D eigenvalue weighted by Gasteiger charge is -2.09. The van der Waals surface area contributed by atoms with Crippen LogP contribution in [0.3, 0.4) is 0 Å². The standard InChI is InChI=1S/C11H15N5/c1-8-3-5-13-11(10(8)12)14-7-9-4-6-15-16(9)2/h3-6H,7,12H2,1-2H3,(H,13,14). The number of anilines is 2. The first kappa shape index (κ1) is 10.5. The second kappa shape index (κ2) is 4.22. The van der Waals surface area contributed by atoms with Gasteiger partial charge in [0.1, 0.15) is 5.82 Å². The minimum atomic E-state index is 0.664. The van der Waals surface area contributed by atoms with Gasteiger partial charge in [0.25, 0.3) is 0 Å². The number of hydrogen-bond donors (Lipinski definition) is 2. The normalized spacial score (nSPS) is 10.4. The predicted molar refractivity (Wildman–Crippen MR) is 63.9 cm³/mol. The number of hydrogen-bond acceptors (Lipinski definition) is 4. The summed E-state index contributed by atoms with van der Waals surface area (Å²) in [5.74, 6) is 0.723. The van der Waals surface area contributed by atoms with Crippen LogP contribution in [0.25, 0.3) is 0 Å². The van der Waals surface area contributed by atoms with Gasteiger partial charge in [0.15, 0.2) is 0 Å². The van der Waals surface area contributed by atoms with Gasteiger partial charge in [0.05, 0.1) is 17.9 Å². The molecule has 0 spiro atoms. The van der Waals surface area contributed by atoms with Gasteiger partial charge >= 0.3 is 0 Å². The zero-order chi connectivity index (χ0) is 11.5. The third-order valence-electron chi connectivity index (χ3n) is 2.57. The molecule has 5 nitrogen and oxygen atoms in total. The number of aromatic nitrogens is 3. The molecule has 3 N–H and O–H groups in total. The monoisotopic (exact) mass is 217 g/mol. The highest BCUT2D eigenvalue weighted by Crippen LogP contribution is 2.19. The number of nitrogens with two attached hydrogens (primary N) is 1. The van der Waals surface area contributed by atoms with Crippen molar-refractivity contribution in [3.05, 3.63) is 35.8 Å². The van der Waals surface area contributed by atoms with E-state index in [2.05, 4.69) is 15.4 Å². The Balaban J connectivity index is 2.11. The molecule has 0 amide bonds. The number of nitrogens with one attached hydrogen (secondary N) is 1. The largest absolute Gasteiger partial charge is 0.396 e. The lowest BCUT2D eigenvalue weighted by molar-refractivity contribution is 0.720. The quantitative estimate of drug-likeness (QED) is 0.813. The summed E-state index contributed by atoms with van der Waals surface area (Å²) in [6.07, 6.45) is 3.52. The molecule has 5 heteroatoms. The number of aryl methyl sites for hydroxylation is 2. The molecule has 0 unspecified atom stereocenters. The molecule has 2 aromatic rings. The Labute approximate surface area is 94.3 Å². The molecular weight excluding hydrogens is 202 g/mol. The average molecular weight is 217 g/mol. The van der Waals surface area contributed by atoms with Crippen LogP contribution in [0.4, 0.5) is 11.5 Å². The van der Waals surface area contributed by atoms with Crippen LogP contribution in [0.15, 0.2) is 24.5 Å². The maximum absolute atomic E-state index is 5.91. The molecule has 0 atom stereocenters. The van der Waals surface area contributed by atoms with Crippen molar-refractivity contribution in [2.24, 2.45) is 7.05 Å². The van der Waals surface area contributed by atoms with E-state index >= 15 is 0 Å². The molecule has 2 rings (SSSR count). The Morgan fingerprint density at radius 2 is 2.19 bits per heavy atom. The topological polar surface area (TPSA) is 68.8 Å². The Hall–Kier alpha value is -2.04. The van der Waals surface area contributed by atoms with Gasteiger partial charge in [-0.1, -0.05) is 0 Å². The Morgan fingerprint density at radius 1 is 1.38 bits per heavy atom. The average Bonchev–Trinajstić information content (AvgIpc) is 2.67. The molecule has 0 saturated heterocycles. The molecule has 84 valence electrons. The van der Waals surface area contributed by atoms with E-state index < -0.39 is 0 Å². The van der Waals surface area contributed by atoms with Crippen molar-refractivity contribution in [3.63, 3.8) is 0 Å². The maximum Gasteiger partial charge on any atom is 0.149 e. The third kappa shape index (κ3) is 1.98. The molecule has 2 heterocycles. The number of pyridine rings is 1. The summed E-state index contributed by atoms with van der Waals surface area (Å²) in [6, 6.07) is 3.85. The Bertz CT molecular complexity index is 489. The van der Waals surface area contributed by atoms with Crippen LogP contribution in [0, 0.1) is 6.92 Å². The van der Waals surface area contributed by atoms with Gasteiger partial charge in [-0.2, -0.15) is 5.10 Å². The Morgan fingerprint density at radius 3 is 2.88 bits per heavy atom. The minimum Gasteiger partial charge on any atom is -0.396 e. The number of nitrogen functional groups attached to an aromatic ring is 1. The van der Waals surface area contributed by atoms with Crippen molar-refractivity contribution < 1.29 is 0 Å². The molecular formula is C11H15N5. The van der Waals surface area contributed by atoms with Crippen molar-refractivity contribution in [2.75, 3.05) is 11.1 Å². The van der Waals surface area contributed by atoms with Crippen LogP contribution in [-0.4, -0.2) is 14.8 Å². The summed E-state index contributed by atoms with van der Waals surface area (Å²) in [7, 11) is 1.91. The summed E-state index contributed by atoms with van der Waals surface area (Å²) < 4.78 is 1.82. The highest BCUT2D eigenvalue weighted by Gasteiger charge is 2.04. The molecule has 0 aromatic carbocycles. The van der Waals surface area contributed by atoms with Gasteiger partial charge < -0.3 is 11.1 Å². The summed E-state index contributed by atoms with van der Waals surface area (Å²) >= 11 is 0. The SMILES string of the molecule is Cc1ccnc(NCc2ccnn2C)c1N. The maximum atomic E-state index is 5.91. The first-order valence-corrected chi connectivity index (χ1v) is 5.10. The molecule has 0 aliphatic carbocycles. The second-order valence-corrected chi connectivity index (χ2v) is 3.69. The van der Waals surface area contributed by atoms with Gasteiger partial charge in [0.2, 0.25) is 0 Å². The van der Waals surface area contributed by atoms with Crippen LogP contribution in [0.5, 0.6) is 0 Å². The molecule has 0 bridgehead atoms. The van der Waals surface area contributed by atoms with Crippen molar-refractivity contribution in [3.8, 4) is 0 Å². The molecule has 0 saturated carbocycles. The number of nitrogens with zero attached hydrogens (tertiary/aromatic N) is 3. The van der Waals surface area contributed by atoms with E-state index in [1.807, 2.05) is 30.8 Å². The van der Waals surface area contributed by atoms with Crippen LogP contribution < -0.4 is 11.1 Å². The zero-order valence-corrected chi connectivity index (χ0v) is 9.44. The van der Waals surface area contributed by atoms with Crippen LogP contribution >= 0.6 is 0 Å². The summed E-state index contributed by atoms with van der Waals surface area (Å²) in [5.41, 5.74) is 8.73. The van der Waals surface area contributed by atoms with E-state index in [1.54, 1.807) is 12.4 Å². The molecule has 16 heavy (non-hydrogen) atoms. The fraction of sp³-hybridized carbons (Fsp3) is 0.273. The fourth-order valence-electron chi connectivity index (χ4n) is 1.46. The van der Waals surface area contributed by atoms with Gasteiger partial charge in [-0.3, -0.25) is 4.68 Å². The predicted octanol–water partition coefficient (Wildman–Crippen LogP) is 1.32. The van der Waals surface area contributed by atoms with Gasteiger partial charge in [-0.15, -0.1) is 0 Å². The van der Waals surface area contributed by atoms with Crippen molar-refractivity contribution in [1.29, 1.82) is 0 Å². The van der Waals surface area contributed by atoms with Crippen molar-refractivity contribution >= 4 is 11.5 Å². The molecule has 0 fully saturated rings. The highest BCUT2D eigenvalue weighted by atomic mass is 15.3. The first-order valence-electron chi connectivity index (χ1n) is 5.10. The van der Waals surface area contributed by atoms with Gasteiger partial charge in [-0.25, -0.2) is 4.98 Å². The fourth-order valence-corrected chi connectivity index (χ4v) is 1.46. The van der Waals surface area contributed by atoms with E-state index in [0.29, 0.717) is 12.2 Å². The minimum absolute atomic E-state index is 0.664. The van der Waals surface area contributed by atoms with Gasteiger partial charge in [0, 0.05) is 19.4 Å². The summed E-state index contributed by atoms with van der Waals surface area (Å²) in [5, 5.41) is 7.29. The van der Waals surface area contributed by atoms with Crippen LogP contribution in [0.1, 0.15) is 11.3 Å². The number of rotatable bonds is 3. The summed E-state index contributed by atoms with van der Waals surface area (Å²) in [4.78, 5) is 4.20. The van der Waals surface area contributed by atoms with E-state index in [9.17, 15) is 0 Å². The van der Waals surface area contributed by atoms with E-state index in [4.69, 9.17) is 5.73 Å². The van der Waals surface area contributed by atoms with Crippen molar-refractivity contribution in [1.82, 2.24) is 14.8 Å². The zero-order valence-electron chi connectivity index (χ0n) is 9.44.